The number of aromatic nitrogens is 4. The van der Waals surface area contributed by atoms with Gasteiger partial charge in [-0.1, -0.05) is 77.0 Å². The molecule has 2 saturated heterocycles. The van der Waals surface area contributed by atoms with Crippen LogP contribution in [0, 0.1) is 39.9 Å². The summed E-state index contributed by atoms with van der Waals surface area (Å²) in [4.78, 5) is 60.9. The summed E-state index contributed by atoms with van der Waals surface area (Å²) in [6.45, 7) is 9.53. The quantitative estimate of drug-likeness (QED) is 0.165. The van der Waals surface area contributed by atoms with Crippen LogP contribution in [0.5, 0.6) is 0 Å². The number of amides is 3. The standard InChI is InChI=1S/C56H74N8O4/c1-33(2)48(57)51(65)64-32-55(24-25-55)28-45(64)50-59-30-44(61-50)38-14-10-36(11-15-38)41-17-16-40(42-18-21-56(47(41)42)19-6-7-20-56)35-8-12-37(13-9-35)43-29-58-46(60-43)26-39-27-54(22-23-54)31-63(39)52(66)49(34(3)4)62-53(67)68-5/h8,10,12,14,16-17,29-30,33-34,39,42,45,47-49H,6-7,9,11,13,15,18-28,31-32,57H2,1-5H3,(H,58,60)(H,59,61)(H,62,67). The van der Waals surface area contributed by atoms with E-state index in [1.807, 2.05) is 49.9 Å². The van der Waals surface area contributed by atoms with Gasteiger partial charge in [0.25, 0.3) is 0 Å². The maximum atomic E-state index is 14.0. The zero-order valence-electron chi connectivity index (χ0n) is 41.2. The van der Waals surface area contributed by atoms with E-state index in [0.717, 1.165) is 87.5 Å². The number of rotatable bonds is 12. The lowest BCUT2D eigenvalue weighted by atomic mass is 9.63. The normalized spacial score (nSPS) is 28.3. The van der Waals surface area contributed by atoms with Gasteiger partial charge in [-0.15, -0.1) is 0 Å². The number of likely N-dealkylation sites (tertiary alicyclic amines) is 2. The first-order valence-corrected chi connectivity index (χ1v) is 26.3. The number of allylic oxidation sites excluding steroid dienone is 12. The number of nitrogens with one attached hydrogen (secondary N) is 3. The van der Waals surface area contributed by atoms with Gasteiger partial charge in [-0.05, 0) is 163 Å². The summed E-state index contributed by atoms with van der Waals surface area (Å²) in [6, 6.07) is -1.11. The highest BCUT2D eigenvalue weighted by molar-refractivity contribution is 5.86. The molecule has 0 aromatic carbocycles. The second-order valence-electron chi connectivity index (χ2n) is 23.5. The number of nitrogens with two attached hydrogens (primary N) is 1. The first-order valence-electron chi connectivity index (χ1n) is 26.3. The molecule has 2 aromatic heterocycles. The number of alkyl carbamates (subject to hydrolysis) is 1. The van der Waals surface area contributed by atoms with E-state index < -0.39 is 18.2 Å². The van der Waals surface area contributed by atoms with Crippen LogP contribution in [-0.2, 0) is 20.7 Å². The average Bonchev–Trinajstić information content (AvgIpc) is 3.77. The van der Waals surface area contributed by atoms with Gasteiger partial charge in [-0.25, -0.2) is 14.8 Å². The first-order chi connectivity index (χ1) is 32.8. The fraction of sp³-hybridized carbons (Fsp3) is 0.625. The van der Waals surface area contributed by atoms with Crippen molar-refractivity contribution in [1.82, 2.24) is 35.1 Å². The van der Waals surface area contributed by atoms with Gasteiger partial charge in [0, 0.05) is 25.6 Å². The van der Waals surface area contributed by atoms with Gasteiger partial charge in [-0.3, -0.25) is 9.59 Å². The third-order valence-electron chi connectivity index (χ3n) is 18.5. The predicted octanol–water partition coefficient (Wildman–Crippen LogP) is 9.83. The lowest BCUT2D eigenvalue weighted by Crippen LogP contribution is -2.53. The minimum atomic E-state index is -0.624. The monoisotopic (exact) mass is 923 g/mol. The number of hydrogen-bond acceptors (Lipinski definition) is 7. The SMILES string of the molecule is COC(=O)NC(C(=O)N1CC2(CC2)CC1Cc1ncc(C2=CC=C(C3=CC=C(C4=CC=C(c5cnc(C6CC7(CC7)CN6C(=O)C(N)C(C)C)[nH]5)CC4)C4C3CCC43CCCC3)CC2)[nH]1)C(C)C. The Bertz CT molecular complexity index is 2530. The molecule has 5 N–H and O–H groups in total. The molecule has 7 aliphatic carbocycles. The molecule has 9 aliphatic rings. The summed E-state index contributed by atoms with van der Waals surface area (Å²) >= 11 is 0. The summed E-state index contributed by atoms with van der Waals surface area (Å²) in [6.07, 6.45) is 37.1. The Hall–Kier alpha value is -4.97. The van der Waals surface area contributed by atoms with Gasteiger partial charge in [0.2, 0.25) is 11.8 Å². The van der Waals surface area contributed by atoms with Gasteiger partial charge in [-0.2, -0.15) is 0 Å². The zero-order valence-corrected chi connectivity index (χ0v) is 41.2. The molecule has 3 amide bonds. The lowest BCUT2D eigenvalue weighted by molar-refractivity contribution is -0.136. The predicted molar refractivity (Wildman–Crippen MR) is 264 cm³/mol. The van der Waals surface area contributed by atoms with Crippen LogP contribution >= 0.6 is 0 Å². The third kappa shape index (κ3) is 8.27. The number of imidazole rings is 2. The summed E-state index contributed by atoms with van der Waals surface area (Å²) in [5.74, 6) is 3.01. The molecule has 12 heteroatoms. The van der Waals surface area contributed by atoms with Crippen molar-refractivity contribution >= 4 is 29.1 Å². The number of hydrogen-bond donors (Lipinski definition) is 4. The Labute approximate surface area is 402 Å². The van der Waals surface area contributed by atoms with Crippen LogP contribution < -0.4 is 11.1 Å². The van der Waals surface area contributed by atoms with Crippen molar-refractivity contribution < 1.29 is 19.1 Å². The molecule has 0 radical (unpaired) electrons. The molecule has 4 saturated carbocycles. The van der Waals surface area contributed by atoms with Crippen molar-refractivity contribution in [1.29, 1.82) is 0 Å². The molecule has 6 atom stereocenters. The van der Waals surface area contributed by atoms with Crippen molar-refractivity contribution in [2.75, 3.05) is 20.2 Å². The molecular weight excluding hydrogens is 849 g/mol. The highest BCUT2D eigenvalue weighted by Crippen LogP contribution is 2.64. The molecule has 3 spiro atoms. The number of aromatic amines is 2. The van der Waals surface area contributed by atoms with Crippen LogP contribution in [0.2, 0.25) is 0 Å². The van der Waals surface area contributed by atoms with Gasteiger partial charge < -0.3 is 35.6 Å². The highest BCUT2D eigenvalue weighted by Gasteiger charge is 2.56. The Morgan fingerprint density at radius 2 is 1.34 bits per heavy atom. The summed E-state index contributed by atoms with van der Waals surface area (Å²) < 4.78 is 4.86. The number of methoxy groups -OCH3 is 1. The van der Waals surface area contributed by atoms with Crippen molar-refractivity contribution in [2.24, 2.45) is 45.7 Å². The number of nitrogens with zero attached hydrogens (tertiary/aromatic N) is 4. The molecule has 0 bridgehead atoms. The number of carbonyl (C=O) groups excluding carboxylic acids is 3. The molecule has 12 nitrogen and oxygen atoms in total. The Morgan fingerprint density at radius 3 is 1.97 bits per heavy atom. The van der Waals surface area contributed by atoms with Crippen LogP contribution in [0.1, 0.15) is 160 Å². The Kier molecular flexibility index (Phi) is 11.7. The van der Waals surface area contributed by atoms with Gasteiger partial charge in [0.05, 0.1) is 43.0 Å². The smallest absolute Gasteiger partial charge is 0.407 e. The van der Waals surface area contributed by atoms with Crippen LogP contribution in [0.25, 0.3) is 11.1 Å². The third-order valence-corrected chi connectivity index (χ3v) is 18.5. The van der Waals surface area contributed by atoms with Gasteiger partial charge in [0.15, 0.2) is 0 Å². The molecule has 6 fully saturated rings. The minimum Gasteiger partial charge on any atom is -0.453 e. The maximum absolute atomic E-state index is 14.0. The molecule has 6 unspecified atom stereocenters. The van der Waals surface area contributed by atoms with Gasteiger partial charge in [0.1, 0.15) is 17.7 Å². The van der Waals surface area contributed by atoms with E-state index >= 15 is 0 Å². The van der Waals surface area contributed by atoms with Crippen LogP contribution in [0.3, 0.4) is 0 Å². The molecule has 11 rings (SSSR count). The summed E-state index contributed by atoms with van der Waals surface area (Å²) in [5.41, 5.74) is 18.1. The van der Waals surface area contributed by atoms with E-state index in [2.05, 4.69) is 51.7 Å². The first kappa shape index (κ1) is 45.5. The largest absolute Gasteiger partial charge is 0.453 e. The maximum Gasteiger partial charge on any atom is 0.407 e. The van der Waals surface area contributed by atoms with Crippen molar-refractivity contribution in [3.63, 3.8) is 0 Å². The van der Waals surface area contributed by atoms with E-state index in [9.17, 15) is 14.4 Å². The topological polar surface area (TPSA) is 162 Å². The van der Waals surface area contributed by atoms with Crippen molar-refractivity contribution in [2.45, 2.75) is 161 Å². The van der Waals surface area contributed by atoms with Crippen LogP contribution in [-0.4, -0.2) is 86.0 Å². The lowest BCUT2D eigenvalue weighted by Gasteiger charge is -2.40. The van der Waals surface area contributed by atoms with E-state index in [4.69, 9.17) is 20.4 Å². The minimum absolute atomic E-state index is 0.0246. The van der Waals surface area contributed by atoms with Gasteiger partial charge >= 0.3 is 6.09 Å². The van der Waals surface area contributed by atoms with Crippen LogP contribution in [0.15, 0.2) is 71.1 Å². The molecule has 2 aliphatic heterocycles. The second-order valence-corrected chi connectivity index (χ2v) is 23.5. The zero-order chi connectivity index (χ0) is 47.1. The summed E-state index contributed by atoms with van der Waals surface area (Å²) in [7, 11) is 1.34. The van der Waals surface area contributed by atoms with Crippen molar-refractivity contribution in [3.05, 3.63) is 94.2 Å². The van der Waals surface area contributed by atoms with E-state index in [1.54, 1.807) is 11.1 Å². The van der Waals surface area contributed by atoms with Crippen molar-refractivity contribution in [3.8, 4) is 0 Å². The van der Waals surface area contributed by atoms with E-state index in [0.29, 0.717) is 23.7 Å². The number of carbonyl (C=O) groups is 3. The average molecular weight is 923 g/mol. The van der Waals surface area contributed by atoms with E-state index in [-0.39, 0.29) is 46.6 Å². The number of H-pyrrole nitrogens is 2. The fourth-order valence-corrected chi connectivity index (χ4v) is 14.1. The highest BCUT2D eigenvalue weighted by atomic mass is 16.5. The molecular formula is C56H74N8O4. The summed E-state index contributed by atoms with van der Waals surface area (Å²) in [5, 5.41) is 2.80. The molecule has 4 heterocycles. The number of ether oxygens (including phenoxy) is 1. The molecule has 2 aromatic rings. The van der Waals surface area contributed by atoms with Crippen LogP contribution in [0.4, 0.5) is 4.79 Å². The fourth-order valence-electron chi connectivity index (χ4n) is 14.1. The Morgan fingerprint density at radius 1 is 0.735 bits per heavy atom. The Balaban J connectivity index is 0.798. The second kappa shape index (κ2) is 17.5. The molecule has 68 heavy (non-hydrogen) atoms. The number of fused-ring (bicyclic) bond motifs is 2. The molecule has 362 valence electrons. The van der Waals surface area contributed by atoms with E-state index in [1.165, 1.54) is 80.8 Å².